The minimum Gasteiger partial charge on any atom is -0.377 e. The highest BCUT2D eigenvalue weighted by Crippen LogP contribution is 1.46. The van der Waals surface area contributed by atoms with Gasteiger partial charge in [-0.25, -0.2) is 4.99 Å². The van der Waals surface area contributed by atoms with Crippen molar-refractivity contribution in [1.82, 2.24) is 5.32 Å². The molecule has 0 amide bonds. The zero-order valence-corrected chi connectivity index (χ0v) is 3.76. The molecule has 0 radical (unpaired) electrons. The lowest BCUT2D eigenvalue weighted by Crippen LogP contribution is -2.10. The van der Waals surface area contributed by atoms with E-state index in [2.05, 4.69) is 10.3 Å². The molecule has 40 valence electrons. The molecule has 4 nitrogen and oxygen atoms in total. The summed E-state index contributed by atoms with van der Waals surface area (Å²) in [7, 11) is 0. The molecule has 0 bridgehead atoms. The number of nitrogens with zero attached hydrogens (tertiary/aromatic N) is 1. The van der Waals surface area contributed by atoms with Gasteiger partial charge in [0.25, 0.3) is 0 Å². The third kappa shape index (κ3) is 5.10. The van der Waals surface area contributed by atoms with Crippen LogP contribution < -0.4 is 5.32 Å². The number of nitrogens with one attached hydrogen (secondary N) is 2. The van der Waals surface area contributed by atoms with Crippen molar-refractivity contribution in [3.05, 3.63) is 0 Å². The van der Waals surface area contributed by atoms with Crippen LogP contribution in [0.4, 0.5) is 0 Å². The standard InChI is InChI=1S/C3H7N3O/c4-1-5-2-6-3-7/h1-2,7H,3H2,(H2,4,5,6). The molecular weight excluding hydrogens is 94.1 g/mol. The van der Waals surface area contributed by atoms with Crippen molar-refractivity contribution in [1.29, 1.82) is 5.41 Å². The van der Waals surface area contributed by atoms with Crippen molar-refractivity contribution in [3.63, 3.8) is 0 Å². The van der Waals surface area contributed by atoms with Gasteiger partial charge in [0.05, 0.1) is 6.34 Å². The summed E-state index contributed by atoms with van der Waals surface area (Å²) >= 11 is 0. The van der Waals surface area contributed by atoms with Gasteiger partial charge in [0.15, 0.2) is 0 Å². The van der Waals surface area contributed by atoms with Gasteiger partial charge in [0.1, 0.15) is 13.1 Å². The zero-order chi connectivity index (χ0) is 5.54. The monoisotopic (exact) mass is 101 g/mol. The predicted octanol–water partition coefficient (Wildman–Crippen LogP) is -0.839. The first-order valence-electron chi connectivity index (χ1n) is 1.76. The van der Waals surface area contributed by atoms with Crippen molar-refractivity contribution < 1.29 is 5.11 Å². The molecular formula is C3H7N3O. The summed E-state index contributed by atoms with van der Waals surface area (Å²) in [6, 6.07) is 0. The summed E-state index contributed by atoms with van der Waals surface area (Å²) in [4.78, 5) is 3.31. The Balaban J connectivity index is 2.92. The van der Waals surface area contributed by atoms with Crippen LogP contribution in [-0.4, -0.2) is 24.5 Å². The van der Waals surface area contributed by atoms with Gasteiger partial charge in [-0.3, -0.25) is 5.41 Å². The molecule has 4 heteroatoms. The molecule has 3 N–H and O–H groups in total. The van der Waals surface area contributed by atoms with E-state index in [9.17, 15) is 0 Å². The van der Waals surface area contributed by atoms with Crippen LogP contribution in [0.15, 0.2) is 4.99 Å². The Morgan fingerprint density at radius 2 is 2.57 bits per heavy atom. The minimum atomic E-state index is -0.142. The summed E-state index contributed by atoms with van der Waals surface area (Å²) in [6.07, 6.45) is 2.12. The second kappa shape index (κ2) is 5.10. The smallest absolute Gasteiger partial charge is 0.113 e. The van der Waals surface area contributed by atoms with E-state index in [4.69, 9.17) is 10.5 Å². The van der Waals surface area contributed by atoms with Crippen molar-refractivity contribution in [2.45, 2.75) is 0 Å². The van der Waals surface area contributed by atoms with Crippen LogP contribution in [0.3, 0.4) is 0 Å². The van der Waals surface area contributed by atoms with E-state index in [-0.39, 0.29) is 6.73 Å². The molecule has 0 atom stereocenters. The van der Waals surface area contributed by atoms with Crippen LogP contribution in [0.5, 0.6) is 0 Å². The molecule has 7 heavy (non-hydrogen) atoms. The number of aliphatic imine (C=N–C) groups is 1. The summed E-state index contributed by atoms with van der Waals surface area (Å²) in [6.45, 7) is -0.142. The second-order valence-electron chi connectivity index (χ2n) is 0.770. The van der Waals surface area contributed by atoms with Crippen molar-refractivity contribution >= 4 is 12.7 Å². The highest BCUT2D eigenvalue weighted by atomic mass is 16.3. The average molecular weight is 101 g/mol. The van der Waals surface area contributed by atoms with Gasteiger partial charge in [0.2, 0.25) is 0 Å². The maximum Gasteiger partial charge on any atom is 0.113 e. The molecule has 0 aliphatic carbocycles. The highest BCUT2D eigenvalue weighted by molar-refractivity contribution is 5.68. The van der Waals surface area contributed by atoms with E-state index in [1.54, 1.807) is 0 Å². The van der Waals surface area contributed by atoms with E-state index < -0.39 is 0 Å². The fourth-order valence-electron chi connectivity index (χ4n) is 0.131. The lowest BCUT2D eigenvalue weighted by molar-refractivity contribution is 0.288. The van der Waals surface area contributed by atoms with Gasteiger partial charge in [0, 0.05) is 0 Å². The molecule has 0 saturated heterocycles. The Morgan fingerprint density at radius 3 is 3.00 bits per heavy atom. The van der Waals surface area contributed by atoms with Crippen molar-refractivity contribution in [2.75, 3.05) is 6.73 Å². The molecule has 0 aliphatic heterocycles. The topological polar surface area (TPSA) is 68.5 Å². The lowest BCUT2D eigenvalue weighted by Gasteiger charge is -1.84. The molecule has 0 heterocycles. The Morgan fingerprint density at radius 1 is 1.86 bits per heavy atom. The quantitative estimate of drug-likeness (QED) is 0.246. The van der Waals surface area contributed by atoms with Gasteiger partial charge in [-0.05, 0) is 0 Å². The number of aliphatic hydroxyl groups excluding tert-OH is 1. The molecule has 0 aromatic rings. The van der Waals surface area contributed by atoms with Crippen LogP contribution in [0, 0.1) is 5.41 Å². The van der Waals surface area contributed by atoms with Gasteiger partial charge in [-0.2, -0.15) is 0 Å². The number of hydrogen-bond donors (Lipinski definition) is 3. The van der Waals surface area contributed by atoms with Crippen LogP contribution in [0.25, 0.3) is 0 Å². The molecule has 0 aliphatic rings. The van der Waals surface area contributed by atoms with E-state index in [0.717, 1.165) is 6.34 Å². The Labute approximate surface area is 41.4 Å². The number of hydrogen-bond acceptors (Lipinski definition) is 2. The van der Waals surface area contributed by atoms with E-state index in [1.807, 2.05) is 0 Å². The third-order valence-electron chi connectivity index (χ3n) is 0.332. The molecule has 0 saturated carbocycles. The summed E-state index contributed by atoms with van der Waals surface area (Å²) in [5, 5.41) is 16.7. The van der Waals surface area contributed by atoms with Gasteiger partial charge >= 0.3 is 0 Å². The lowest BCUT2D eigenvalue weighted by atomic mass is 11.1. The summed E-state index contributed by atoms with van der Waals surface area (Å²) < 4.78 is 0. The summed E-state index contributed by atoms with van der Waals surface area (Å²) in [5.41, 5.74) is 0. The highest BCUT2D eigenvalue weighted by Gasteiger charge is 1.62. The molecule has 0 aromatic heterocycles. The van der Waals surface area contributed by atoms with Gasteiger partial charge < -0.3 is 10.4 Å². The maximum absolute atomic E-state index is 8.02. The molecule has 0 fully saturated rings. The van der Waals surface area contributed by atoms with E-state index in [0.29, 0.717) is 0 Å². The first-order valence-corrected chi connectivity index (χ1v) is 1.76. The fourth-order valence-corrected chi connectivity index (χ4v) is 0.131. The first-order chi connectivity index (χ1) is 3.41. The second-order valence-corrected chi connectivity index (χ2v) is 0.770. The van der Waals surface area contributed by atoms with Crippen LogP contribution in [0.2, 0.25) is 0 Å². The Bertz CT molecular complexity index is 70.6. The molecule has 0 spiro atoms. The van der Waals surface area contributed by atoms with Crippen molar-refractivity contribution in [3.8, 4) is 0 Å². The number of aliphatic hydroxyl groups is 1. The molecule has 0 rings (SSSR count). The SMILES string of the molecule is N=C/N=C/NCO. The normalized spacial score (nSPS) is 9.29. The van der Waals surface area contributed by atoms with Gasteiger partial charge in [-0.15, -0.1) is 0 Å². The average Bonchev–Trinajstić information content (AvgIpc) is 1.69. The Hall–Kier alpha value is -0.900. The van der Waals surface area contributed by atoms with Crippen molar-refractivity contribution in [2.24, 2.45) is 4.99 Å². The van der Waals surface area contributed by atoms with E-state index >= 15 is 0 Å². The predicted molar refractivity (Wildman–Crippen MR) is 27.5 cm³/mol. The van der Waals surface area contributed by atoms with Gasteiger partial charge in [-0.1, -0.05) is 0 Å². The number of rotatable bonds is 3. The van der Waals surface area contributed by atoms with Crippen LogP contribution >= 0.6 is 0 Å². The zero-order valence-electron chi connectivity index (χ0n) is 3.76. The molecule has 0 aromatic carbocycles. The largest absolute Gasteiger partial charge is 0.377 e. The third-order valence-corrected chi connectivity index (χ3v) is 0.332. The first kappa shape index (κ1) is 6.10. The van der Waals surface area contributed by atoms with Crippen LogP contribution in [-0.2, 0) is 0 Å². The fraction of sp³-hybridized carbons (Fsp3) is 0.333. The van der Waals surface area contributed by atoms with E-state index in [1.165, 1.54) is 6.34 Å². The minimum absolute atomic E-state index is 0.142. The maximum atomic E-state index is 8.02. The Kier molecular flexibility index (Phi) is 4.44. The molecule has 0 unspecified atom stereocenters. The summed E-state index contributed by atoms with van der Waals surface area (Å²) in [5.74, 6) is 0. The van der Waals surface area contributed by atoms with Crippen LogP contribution in [0.1, 0.15) is 0 Å².